The van der Waals surface area contributed by atoms with Crippen LogP contribution in [-0.4, -0.2) is 30.2 Å². The number of fused-ring (bicyclic) bond motifs is 1. The number of halogens is 3. The summed E-state index contributed by atoms with van der Waals surface area (Å²) < 4.78 is 12.4. The van der Waals surface area contributed by atoms with Gasteiger partial charge in [-0.2, -0.15) is 5.10 Å². The Labute approximate surface area is 251 Å². The van der Waals surface area contributed by atoms with E-state index >= 15 is 0 Å². The third kappa shape index (κ3) is 5.67. The highest BCUT2D eigenvalue weighted by atomic mass is 79.9. The molecule has 7 nitrogen and oxygen atoms in total. The summed E-state index contributed by atoms with van der Waals surface area (Å²) in [5.74, 6) is -0.195. The van der Waals surface area contributed by atoms with Crippen molar-refractivity contribution in [1.82, 2.24) is 10.4 Å². The van der Waals surface area contributed by atoms with Gasteiger partial charge in [0.1, 0.15) is 11.4 Å². The van der Waals surface area contributed by atoms with Gasteiger partial charge in [0.15, 0.2) is 5.75 Å². The minimum atomic E-state index is -0.529. The molecule has 5 aromatic rings. The summed E-state index contributed by atoms with van der Waals surface area (Å²) in [6.07, 6.45) is 1.40. The molecule has 4 aromatic carbocycles. The largest absolute Gasteiger partial charge is 0.495 e. The summed E-state index contributed by atoms with van der Waals surface area (Å²) in [6, 6.07) is 24.9. The van der Waals surface area contributed by atoms with E-state index in [4.69, 9.17) is 21.1 Å². The molecule has 1 amide bonds. The van der Waals surface area contributed by atoms with Gasteiger partial charge in [0, 0.05) is 31.6 Å². The second kappa shape index (κ2) is 12.1. The molecule has 0 spiro atoms. The van der Waals surface area contributed by atoms with E-state index in [9.17, 15) is 9.59 Å². The van der Waals surface area contributed by atoms with Gasteiger partial charge in [-0.15, -0.1) is 0 Å². The zero-order chi connectivity index (χ0) is 28.2. The lowest BCUT2D eigenvalue weighted by molar-refractivity contribution is 0.0733. The Kier molecular flexibility index (Phi) is 8.35. The number of ether oxygens (including phenoxy) is 2. The summed E-state index contributed by atoms with van der Waals surface area (Å²) in [4.78, 5) is 29.3. The SMILES string of the molecule is COc1cccc2c(-c3ccccc3Cl)c(C(=O)NN=Cc3cc(Br)cc(Br)c3OC(=O)c3ccccc3)[nH]c12. The number of carbonyl (C=O) groups excluding carboxylic acids is 2. The van der Waals surface area contributed by atoms with Crippen LogP contribution in [0.3, 0.4) is 0 Å². The summed E-state index contributed by atoms with van der Waals surface area (Å²) in [5, 5.41) is 5.43. The first-order chi connectivity index (χ1) is 19.4. The van der Waals surface area contributed by atoms with Crippen LogP contribution in [-0.2, 0) is 0 Å². The molecule has 5 rings (SSSR count). The van der Waals surface area contributed by atoms with Crippen molar-refractivity contribution in [2.75, 3.05) is 7.11 Å². The monoisotopic (exact) mass is 679 g/mol. The molecule has 2 N–H and O–H groups in total. The number of nitrogens with one attached hydrogen (secondary N) is 2. The number of hydrazone groups is 1. The molecule has 0 radical (unpaired) electrons. The van der Waals surface area contributed by atoms with Crippen LogP contribution in [0.1, 0.15) is 26.4 Å². The van der Waals surface area contributed by atoms with E-state index in [0.717, 1.165) is 9.86 Å². The maximum atomic E-state index is 13.4. The molecule has 1 heterocycles. The first kappa shape index (κ1) is 27.6. The fraction of sp³-hybridized carbons (Fsp3) is 0.0333. The highest BCUT2D eigenvalue weighted by Crippen LogP contribution is 2.39. The van der Waals surface area contributed by atoms with Crippen LogP contribution in [0.4, 0.5) is 0 Å². The molecule has 200 valence electrons. The number of hydrogen-bond acceptors (Lipinski definition) is 5. The molecule has 0 unspecified atom stereocenters. The molecule has 1 aromatic heterocycles. The Morgan fingerprint density at radius 1 is 0.975 bits per heavy atom. The topological polar surface area (TPSA) is 92.8 Å². The number of amides is 1. The van der Waals surface area contributed by atoms with Gasteiger partial charge in [-0.1, -0.05) is 76.1 Å². The van der Waals surface area contributed by atoms with Crippen LogP contribution in [0.5, 0.6) is 11.5 Å². The Morgan fingerprint density at radius 3 is 2.48 bits per heavy atom. The average Bonchev–Trinajstić information content (AvgIpc) is 3.35. The molecular formula is C30H20Br2ClN3O4. The highest BCUT2D eigenvalue weighted by Gasteiger charge is 2.22. The molecule has 0 aliphatic rings. The second-order valence-electron chi connectivity index (χ2n) is 8.50. The number of carbonyl (C=O) groups is 2. The maximum Gasteiger partial charge on any atom is 0.343 e. The van der Waals surface area contributed by atoms with E-state index in [1.165, 1.54) is 6.21 Å². The van der Waals surface area contributed by atoms with Gasteiger partial charge >= 0.3 is 5.97 Å². The van der Waals surface area contributed by atoms with Gasteiger partial charge in [0.2, 0.25) is 0 Å². The van der Waals surface area contributed by atoms with Gasteiger partial charge < -0.3 is 14.5 Å². The molecular weight excluding hydrogens is 662 g/mol. The fourth-order valence-corrected chi connectivity index (χ4v) is 5.77. The number of H-pyrrole nitrogens is 1. The Morgan fingerprint density at radius 2 is 1.73 bits per heavy atom. The third-order valence-corrected chi connectivity index (χ3v) is 7.37. The molecule has 10 heteroatoms. The predicted molar refractivity (Wildman–Crippen MR) is 164 cm³/mol. The van der Waals surface area contributed by atoms with E-state index < -0.39 is 11.9 Å². The average molecular weight is 682 g/mol. The molecule has 0 saturated heterocycles. The van der Waals surface area contributed by atoms with Crippen LogP contribution < -0.4 is 14.9 Å². The van der Waals surface area contributed by atoms with Crippen molar-refractivity contribution in [3.8, 4) is 22.6 Å². The van der Waals surface area contributed by atoms with Crippen LogP contribution in [0.15, 0.2) is 99.0 Å². The van der Waals surface area contributed by atoms with Crippen molar-refractivity contribution in [3.05, 3.63) is 116 Å². The quantitative estimate of drug-likeness (QED) is 0.0788. The van der Waals surface area contributed by atoms with Gasteiger partial charge in [0.05, 0.1) is 28.9 Å². The first-order valence-electron chi connectivity index (χ1n) is 11.9. The highest BCUT2D eigenvalue weighted by molar-refractivity contribution is 9.11. The van der Waals surface area contributed by atoms with Gasteiger partial charge in [-0.25, -0.2) is 10.2 Å². The Bertz CT molecular complexity index is 1770. The van der Waals surface area contributed by atoms with Crippen molar-refractivity contribution in [2.45, 2.75) is 0 Å². The standard InChI is InChI=1S/C30H20Br2ClN3O4/c1-39-24-13-7-11-21-25(20-10-5-6-12-23(20)33)27(35-26(21)24)29(37)36-34-16-18-14-19(31)15-22(32)28(18)40-30(38)17-8-3-2-4-9-17/h2-16,35H,1H3,(H,36,37). The lowest BCUT2D eigenvalue weighted by Crippen LogP contribution is -2.19. The number of para-hydroxylation sites is 1. The van der Waals surface area contributed by atoms with Gasteiger partial charge in [0.25, 0.3) is 5.91 Å². The Hall–Kier alpha value is -3.92. The number of esters is 1. The normalized spacial score (nSPS) is 11.1. The molecule has 0 aliphatic carbocycles. The number of methoxy groups -OCH3 is 1. The van der Waals surface area contributed by atoms with E-state index in [-0.39, 0.29) is 11.4 Å². The Balaban J connectivity index is 1.48. The van der Waals surface area contributed by atoms with Crippen molar-refractivity contribution in [3.63, 3.8) is 0 Å². The minimum absolute atomic E-state index is 0.252. The van der Waals surface area contributed by atoms with Crippen molar-refractivity contribution < 1.29 is 19.1 Å². The fourth-order valence-electron chi connectivity index (χ4n) is 4.20. The molecule has 0 aliphatic heterocycles. The van der Waals surface area contributed by atoms with E-state index in [0.29, 0.717) is 43.0 Å². The third-order valence-electron chi connectivity index (χ3n) is 6.00. The number of aromatic nitrogens is 1. The number of hydrogen-bond donors (Lipinski definition) is 2. The van der Waals surface area contributed by atoms with E-state index in [1.807, 2.05) is 36.4 Å². The molecule has 0 saturated carbocycles. The van der Waals surface area contributed by atoms with Crippen molar-refractivity contribution in [1.29, 1.82) is 0 Å². The number of aromatic amines is 1. The zero-order valence-electron chi connectivity index (χ0n) is 20.9. The van der Waals surface area contributed by atoms with Crippen molar-refractivity contribution >= 4 is 72.5 Å². The predicted octanol–water partition coefficient (Wildman–Crippen LogP) is 8.01. The van der Waals surface area contributed by atoms with Gasteiger partial charge in [-0.3, -0.25) is 4.79 Å². The first-order valence-corrected chi connectivity index (χ1v) is 13.9. The molecule has 0 fully saturated rings. The van der Waals surface area contributed by atoms with Crippen molar-refractivity contribution in [2.24, 2.45) is 5.10 Å². The van der Waals surface area contributed by atoms with Crippen LogP contribution in [0.2, 0.25) is 5.02 Å². The van der Waals surface area contributed by atoms with E-state index in [2.05, 4.69) is 47.4 Å². The lowest BCUT2D eigenvalue weighted by atomic mass is 10.0. The molecule has 40 heavy (non-hydrogen) atoms. The smallest absolute Gasteiger partial charge is 0.343 e. The van der Waals surface area contributed by atoms with E-state index in [1.54, 1.807) is 55.6 Å². The summed E-state index contributed by atoms with van der Waals surface area (Å²) in [5.41, 5.74) is 5.64. The summed E-state index contributed by atoms with van der Waals surface area (Å²) >= 11 is 13.4. The zero-order valence-corrected chi connectivity index (χ0v) is 24.8. The summed E-state index contributed by atoms with van der Waals surface area (Å²) in [7, 11) is 1.56. The maximum absolute atomic E-state index is 13.4. The molecule has 0 bridgehead atoms. The van der Waals surface area contributed by atoms with Crippen LogP contribution >= 0.6 is 43.5 Å². The van der Waals surface area contributed by atoms with Crippen LogP contribution in [0.25, 0.3) is 22.0 Å². The minimum Gasteiger partial charge on any atom is -0.495 e. The number of benzene rings is 4. The number of nitrogens with zero attached hydrogens (tertiary/aromatic N) is 1. The number of rotatable bonds is 7. The summed E-state index contributed by atoms with van der Waals surface area (Å²) in [6.45, 7) is 0. The van der Waals surface area contributed by atoms with Gasteiger partial charge in [-0.05, 0) is 52.3 Å². The van der Waals surface area contributed by atoms with Crippen LogP contribution in [0, 0.1) is 0 Å². The lowest BCUT2D eigenvalue weighted by Gasteiger charge is -2.10. The molecule has 0 atom stereocenters. The second-order valence-corrected chi connectivity index (χ2v) is 10.7.